The quantitative estimate of drug-likeness (QED) is 0.799. The van der Waals surface area contributed by atoms with Gasteiger partial charge in [0.1, 0.15) is 5.75 Å². The number of methoxy groups -OCH3 is 1. The zero-order valence-corrected chi connectivity index (χ0v) is 12.2. The Morgan fingerprint density at radius 3 is 2.40 bits per heavy atom. The average molecular weight is 278 g/mol. The van der Waals surface area contributed by atoms with Crippen LogP contribution in [0, 0.1) is 0 Å². The number of ether oxygens (including phenoxy) is 1. The second kappa shape index (κ2) is 8.19. The zero-order valence-electron chi connectivity index (χ0n) is 12.2. The van der Waals surface area contributed by atoms with E-state index in [0.29, 0.717) is 25.1 Å². The van der Waals surface area contributed by atoms with Crippen LogP contribution >= 0.6 is 0 Å². The van der Waals surface area contributed by atoms with Crippen LogP contribution in [0.4, 0.5) is 0 Å². The number of amides is 2. The summed E-state index contributed by atoms with van der Waals surface area (Å²) in [4.78, 5) is 23.0. The Morgan fingerprint density at radius 1 is 1.15 bits per heavy atom. The van der Waals surface area contributed by atoms with E-state index in [0.717, 1.165) is 5.56 Å². The van der Waals surface area contributed by atoms with Crippen LogP contribution in [-0.2, 0) is 9.59 Å². The predicted octanol–water partition coefficient (Wildman–Crippen LogP) is 1.79. The maximum Gasteiger partial charge on any atom is 0.220 e. The molecule has 2 amide bonds. The molecule has 5 nitrogen and oxygen atoms in total. The van der Waals surface area contributed by atoms with Gasteiger partial charge in [0.05, 0.1) is 13.2 Å². The Hall–Kier alpha value is -2.04. The molecule has 1 aromatic rings. The summed E-state index contributed by atoms with van der Waals surface area (Å²) in [5, 5.41) is 5.71. The Bertz CT molecular complexity index is 460. The average Bonchev–Trinajstić information content (AvgIpc) is 2.50. The van der Waals surface area contributed by atoms with Crippen molar-refractivity contribution in [3.05, 3.63) is 29.8 Å². The number of para-hydroxylation sites is 1. The van der Waals surface area contributed by atoms with E-state index in [-0.39, 0.29) is 17.9 Å². The van der Waals surface area contributed by atoms with Gasteiger partial charge < -0.3 is 15.4 Å². The van der Waals surface area contributed by atoms with Gasteiger partial charge in [0.2, 0.25) is 11.8 Å². The van der Waals surface area contributed by atoms with Crippen molar-refractivity contribution in [2.24, 2.45) is 0 Å². The van der Waals surface area contributed by atoms with Crippen LogP contribution < -0.4 is 15.4 Å². The Morgan fingerprint density at radius 2 is 1.80 bits per heavy atom. The molecule has 0 unspecified atom stereocenters. The van der Waals surface area contributed by atoms with E-state index in [9.17, 15) is 9.59 Å². The van der Waals surface area contributed by atoms with E-state index in [2.05, 4.69) is 10.6 Å². The summed E-state index contributed by atoms with van der Waals surface area (Å²) < 4.78 is 5.31. The number of carbonyl (C=O) groups is 2. The molecule has 0 heterocycles. The van der Waals surface area contributed by atoms with Crippen LogP contribution in [0.5, 0.6) is 5.75 Å². The van der Waals surface area contributed by atoms with Crippen molar-refractivity contribution in [2.75, 3.05) is 13.7 Å². The van der Waals surface area contributed by atoms with Crippen molar-refractivity contribution in [1.29, 1.82) is 0 Å². The topological polar surface area (TPSA) is 67.4 Å². The number of hydrogen-bond donors (Lipinski definition) is 2. The third-order valence-electron chi connectivity index (χ3n) is 3.00. The van der Waals surface area contributed by atoms with Crippen LogP contribution in [0.1, 0.15) is 38.3 Å². The highest BCUT2D eigenvalue weighted by atomic mass is 16.5. The van der Waals surface area contributed by atoms with Gasteiger partial charge in [-0.05, 0) is 6.07 Å². The van der Waals surface area contributed by atoms with Crippen molar-refractivity contribution in [3.8, 4) is 5.75 Å². The lowest BCUT2D eigenvalue weighted by Crippen LogP contribution is -2.37. The van der Waals surface area contributed by atoms with Gasteiger partial charge in [0.15, 0.2) is 0 Å². The molecule has 0 fully saturated rings. The fraction of sp³-hybridized carbons (Fsp3) is 0.467. The van der Waals surface area contributed by atoms with Gasteiger partial charge in [0, 0.05) is 24.9 Å². The lowest BCUT2D eigenvalue weighted by atomic mass is 10.1. The third kappa shape index (κ3) is 4.57. The second-order valence-electron chi connectivity index (χ2n) is 4.37. The van der Waals surface area contributed by atoms with Gasteiger partial charge in [-0.2, -0.15) is 0 Å². The van der Waals surface area contributed by atoms with E-state index in [1.54, 1.807) is 21.0 Å². The molecule has 1 rings (SSSR count). The van der Waals surface area contributed by atoms with Crippen molar-refractivity contribution in [1.82, 2.24) is 10.6 Å². The van der Waals surface area contributed by atoms with Crippen LogP contribution in [0.25, 0.3) is 0 Å². The molecule has 110 valence electrons. The molecule has 0 radical (unpaired) electrons. The molecule has 0 aliphatic rings. The molecule has 0 spiro atoms. The summed E-state index contributed by atoms with van der Waals surface area (Å²) in [5.41, 5.74) is 0.855. The second-order valence-corrected chi connectivity index (χ2v) is 4.37. The molecule has 2 N–H and O–H groups in total. The highest BCUT2D eigenvalue weighted by molar-refractivity contribution is 5.77. The Kier molecular flexibility index (Phi) is 6.56. The van der Waals surface area contributed by atoms with Gasteiger partial charge >= 0.3 is 0 Å². The van der Waals surface area contributed by atoms with E-state index in [1.165, 1.54) is 0 Å². The van der Waals surface area contributed by atoms with Crippen LogP contribution in [0.2, 0.25) is 0 Å². The maximum atomic E-state index is 11.6. The van der Waals surface area contributed by atoms with Gasteiger partial charge in [-0.15, -0.1) is 0 Å². The number of nitrogens with one attached hydrogen (secondary N) is 2. The first-order valence-corrected chi connectivity index (χ1v) is 6.81. The normalized spacial score (nSPS) is 11.6. The molecule has 1 aromatic carbocycles. The minimum Gasteiger partial charge on any atom is -0.496 e. The molecule has 0 saturated carbocycles. The number of carbonyl (C=O) groups excluding carboxylic acids is 2. The standard InChI is InChI=1S/C15H22N2O3/c1-4-14(18)16-10-12(17-15(19)5-2)11-8-6-7-9-13(11)20-3/h6-9,12H,4-5,10H2,1-3H3,(H,16,18)(H,17,19)/t12-/m0/s1. The minimum absolute atomic E-state index is 0.0457. The van der Waals surface area contributed by atoms with Crippen LogP contribution in [0.3, 0.4) is 0 Å². The Balaban J connectivity index is 2.90. The SMILES string of the molecule is CCC(=O)NC[C@H](NC(=O)CC)c1ccccc1OC. The van der Waals surface area contributed by atoms with Gasteiger partial charge in [-0.25, -0.2) is 0 Å². The summed E-state index contributed by atoms with van der Waals surface area (Å²) in [5.74, 6) is 0.585. The first-order chi connectivity index (χ1) is 9.62. The molecule has 0 aliphatic carbocycles. The minimum atomic E-state index is -0.297. The lowest BCUT2D eigenvalue weighted by molar-refractivity contribution is -0.123. The number of benzene rings is 1. The molecule has 20 heavy (non-hydrogen) atoms. The first kappa shape index (κ1) is 16.0. The highest BCUT2D eigenvalue weighted by Crippen LogP contribution is 2.24. The summed E-state index contributed by atoms with van der Waals surface area (Å²) in [7, 11) is 1.59. The van der Waals surface area contributed by atoms with Crippen molar-refractivity contribution in [2.45, 2.75) is 32.7 Å². The predicted molar refractivity (Wildman–Crippen MR) is 77.5 cm³/mol. The molecular formula is C15H22N2O3. The summed E-state index contributed by atoms with van der Waals surface area (Å²) in [6, 6.07) is 7.17. The smallest absolute Gasteiger partial charge is 0.220 e. The molecule has 1 atom stereocenters. The van der Waals surface area contributed by atoms with E-state index >= 15 is 0 Å². The van der Waals surface area contributed by atoms with Crippen molar-refractivity contribution < 1.29 is 14.3 Å². The summed E-state index contributed by atoms with van der Waals surface area (Å²) >= 11 is 0. The number of rotatable bonds is 7. The fourth-order valence-corrected chi connectivity index (χ4v) is 1.83. The highest BCUT2D eigenvalue weighted by Gasteiger charge is 2.18. The monoisotopic (exact) mass is 278 g/mol. The molecule has 5 heteroatoms. The van der Waals surface area contributed by atoms with Crippen molar-refractivity contribution >= 4 is 11.8 Å². The fourth-order valence-electron chi connectivity index (χ4n) is 1.83. The van der Waals surface area contributed by atoms with Crippen LogP contribution in [-0.4, -0.2) is 25.5 Å². The van der Waals surface area contributed by atoms with Gasteiger partial charge in [0.25, 0.3) is 0 Å². The van der Waals surface area contributed by atoms with Crippen molar-refractivity contribution in [3.63, 3.8) is 0 Å². The summed E-state index contributed by atoms with van der Waals surface area (Å²) in [6.45, 7) is 3.93. The van der Waals surface area contributed by atoms with E-state index < -0.39 is 0 Å². The first-order valence-electron chi connectivity index (χ1n) is 6.81. The molecule has 0 saturated heterocycles. The lowest BCUT2D eigenvalue weighted by Gasteiger charge is -2.21. The molecular weight excluding hydrogens is 256 g/mol. The van der Waals surface area contributed by atoms with E-state index in [1.807, 2.05) is 24.3 Å². The molecule has 0 aromatic heterocycles. The number of hydrogen-bond acceptors (Lipinski definition) is 3. The van der Waals surface area contributed by atoms with Crippen LogP contribution in [0.15, 0.2) is 24.3 Å². The summed E-state index contributed by atoms with van der Waals surface area (Å²) in [6.07, 6.45) is 0.813. The maximum absolute atomic E-state index is 11.6. The third-order valence-corrected chi connectivity index (χ3v) is 3.00. The van der Waals surface area contributed by atoms with E-state index in [4.69, 9.17) is 4.74 Å². The molecule has 0 bridgehead atoms. The Labute approximate surface area is 119 Å². The molecule has 0 aliphatic heterocycles. The zero-order chi connectivity index (χ0) is 15.0. The van der Waals surface area contributed by atoms with Gasteiger partial charge in [-0.1, -0.05) is 32.0 Å². The largest absolute Gasteiger partial charge is 0.496 e. The van der Waals surface area contributed by atoms with Gasteiger partial charge in [-0.3, -0.25) is 9.59 Å².